The average molecular weight is 316 g/mol. The molecule has 1 aromatic heterocycles. The van der Waals surface area contributed by atoms with Crippen LogP contribution in [0.1, 0.15) is 36.6 Å². The van der Waals surface area contributed by atoms with Gasteiger partial charge in [-0.1, -0.05) is 19.1 Å². The van der Waals surface area contributed by atoms with Gasteiger partial charge in [-0.2, -0.15) is 0 Å². The maximum atomic E-state index is 10.1. The van der Waals surface area contributed by atoms with Crippen molar-refractivity contribution in [3.8, 4) is 5.75 Å². The van der Waals surface area contributed by atoms with Gasteiger partial charge in [0, 0.05) is 26.1 Å². The Bertz CT molecular complexity index is 670. The minimum absolute atomic E-state index is 0.168. The molecule has 23 heavy (non-hydrogen) atoms. The third kappa shape index (κ3) is 3.23. The summed E-state index contributed by atoms with van der Waals surface area (Å²) >= 11 is 0. The number of aliphatic hydroxyl groups excluding tert-OH is 1. The van der Waals surface area contributed by atoms with E-state index in [1.807, 2.05) is 29.8 Å². The third-order valence-corrected chi connectivity index (χ3v) is 4.58. The van der Waals surface area contributed by atoms with E-state index in [9.17, 15) is 5.11 Å². The molecule has 6 heteroatoms. The van der Waals surface area contributed by atoms with Crippen molar-refractivity contribution in [1.82, 2.24) is 19.7 Å². The number of benzene rings is 1. The number of aromatic nitrogens is 3. The summed E-state index contributed by atoms with van der Waals surface area (Å²) in [5, 5.41) is 18.7. The molecule has 6 nitrogen and oxygen atoms in total. The van der Waals surface area contributed by atoms with E-state index in [2.05, 4.69) is 28.1 Å². The molecule has 1 fully saturated rings. The van der Waals surface area contributed by atoms with Crippen molar-refractivity contribution >= 4 is 0 Å². The number of methoxy groups -OCH3 is 1. The Morgan fingerprint density at radius 1 is 1.30 bits per heavy atom. The van der Waals surface area contributed by atoms with Crippen LogP contribution in [0.5, 0.6) is 5.75 Å². The lowest BCUT2D eigenvalue weighted by atomic mass is 10.0. The highest BCUT2D eigenvalue weighted by Crippen LogP contribution is 2.34. The highest BCUT2D eigenvalue weighted by Gasteiger charge is 2.33. The maximum Gasteiger partial charge on any atom is 0.146 e. The molecular formula is C17H24N4O2. The first-order valence-electron chi connectivity index (χ1n) is 8.05. The van der Waals surface area contributed by atoms with Crippen molar-refractivity contribution < 1.29 is 9.84 Å². The Labute approximate surface area is 136 Å². The SMILES string of the molecule is CCc1nnc(CN2C[C@@H](O)C[C@@H]2c2cccc(OC)c2)n1C. The Morgan fingerprint density at radius 2 is 2.09 bits per heavy atom. The monoisotopic (exact) mass is 316 g/mol. The van der Waals surface area contributed by atoms with Gasteiger partial charge in [-0.05, 0) is 24.1 Å². The molecule has 2 aromatic rings. The first-order chi connectivity index (χ1) is 11.1. The Morgan fingerprint density at radius 3 is 2.78 bits per heavy atom. The zero-order valence-corrected chi connectivity index (χ0v) is 13.9. The molecule has 2 heterocycles. The van der Waals surface area contributed by atoms with Crippen LogP contribution in [0.15, 0.2) is 24.3 Å². The first-order valence-corrected chi connectivity index (χ1v) is 8.05. The molecule has 1 N–H and O–H groups in total. The van der Waals surface area contributed by atoms with Gasteiger partial charge in [-0.3, -0.25) is 4.90 Å². The van der Waals surface area contributed by atoms with Crippen LogP contribution in [0, 0.1) is 0 Å². The molecule has 1 aliphatic heterocycles. The Balaban J connectivity index is 1.83. The van der Waals surface area contributed by atoms with Crippen LogP contribution in [0.25, 0.3) is 0 Å². The van der Waals surface area contributed by atoms with Gasteiger partial charge in [0.2, 0.25) is 0 Å². The van der Waals surface area contributed by atoms with Gasteiger partial charge >= 0.3 is 0 Å². The van der Waals surface area contributed by atoms with E-state index in [1.165, 1.54) is 5.56 Å². The van der Waals surface area contributed by atoms with Crippen molar-refractivity contribution in [3.63, 3.8) is 0 Å². The number of likely N-dealkylation sites (tertiary alicyclic amines) is 1. The van der Waals surface area contributed by atoms with E-state index in [-0.39, 0.29) is 12.1 Å². The summed E-state index contributed by atoms with van der Waals surface area (Å²) in [6.07, 6.45) is 1.28. The largest absolute Gasteiger partial charge is 0.497 e. The number of nitrogens with zero attached hydrogens (tertiary/aromatic N) is 4. The van der Waals surface area contributed by atoms with E-state index >= 15 is 0 Å². The minimum Gasteiger partial charge on any atom is -0.497 e. The summed E-state index contributed by atoms with van der Waals surface area (Å²) in [6, 6.07) is 8.24. The third-order valence-electron chi connectivity index (χ3n) is 4.58. The molecule has 0 saturated carbocycles. The highest BCUT2D eigenvalue weighted by atomic mass is 16.5. The van der Waals surface area contributed by atoms with Crippen LogP contribution in [0.2, 0.25) is 0 Å². The van der Waals surface area contributed by atoms with Gasteiger partial charge in [0.25, 0.3) is 0 Å². The quantitative estimate of drug-likeness (QED) is 0.909. The Hall–Kier alpha value is -1.92. The topological polar surface area (TPSA) is 63.4 Å². The van der Waals surface area contributed by atoms with Crippen LogP contribution in [-0.2, 0) is 20.0 Å². The van der Waals surface area contributed by atoms with Crippen molar-refractivity contribution in [1.29, 1.82) is 0 Å². The minimum atomic E-state index is -0.315. The lowest BCUT2D eigenvalue weighted by Gasteiger charge is -2.24. The normalized spacial score (nSPS) is 21.7. The van der Waals surface area contributed by atoms with Crippen molar-refractivity contribution in [3.05, 3.63) is 41.5 Å². The molecule has 0 bridgehead atoms. The smallest absolute Gasteiger partial charge is 0.146 e. The van der Waals surface area contributed by atoms with E-state index < -0.39 is 0 Å². The van der Waals surface area contributed by atoms with Crippen LogP contribution in [0.4, 0.5) is 0 Å². The lowest BCUT2D eigenvalue weighted by molar-refractivity contribution is 0.170. The zero-order valence-electron chi connectivity index (χ0n) is 13.9. The zero-order chi connectivity index (χ0) is 16.4. The van der Waals surface area contributed by atoms with Crippen LogP contribution >= 0.6 is 0 Å². The number of aliphatic hydroxyl groups is 1. The fourth-order valence-electron chi connectivity index (χ4n) is 3.28. The number of hydrogen-bond acceptors (Lipinski definition) is 5. The van der Waals surface area contributed by atoms with Gasteiger partial charge in [-0.15, -0.1) is 10.2 Å². The second-order valence-corrected chi connectivity index (χ2v) is 6.06. The molecule has 0 unspecified atom stereocenters. The predicted molar refractivity (Wildman–Crippen MR) is 87.1 cm³/mol. The summed E-state index contributed by atoms with van der Waals surface area (Å²) in [6.45, 7) is 3.41. The number of β-amino-alcohol motifs (C(OH)–C–C–N with tert-alkyl or cyclic N) is 1. The summed E-state index contributed by atoms with van der Waals surface area (Å²) in [7, 11) is 3.67. The molecule has 0 radical (unpaired) electrons. The van der Waals surface area contributed by atoms with Crippen LogP contribution in [0.3, 0.4) is 0 Å². The van der Waals surface area contributed by atoms with Gasteiger partial charge in [-0.25, -0.2) is 0 Å². The lowest BCUT2D eigenvalue weighted by Crippen LogP contribution is -2.26. The molecule has 124 valence electrons. The fourth-order valence-corrected chi connectivity index (χ4v) is 3.28. The molecule has 0 amide bonds. The predicted octanol–water partition coefficient (Wildman–Crippen LogP) is 1.69. The standard InChI is InChI=1S/C17H24N4O2/c1-4-16-18-19-17(20(16)2)11-21-10-13(22)9-15(21)12-6-5-7-14(8-12)23-3/h5-8,13,15,22H,4,9-11H2,1-3H3/t13-,15+/m0/s1. The second-order valence-electron chi connectivity index (χ2n) is 6.06. The molecule has 1 aliphatic rings. The molecule has 0 aliphatic carbocycles. The molecule has 0 spiro atoms. The first kappa shape index (κ1) is 16.0. The van der Waals surface area contributed by atoms with Gasteiger partial charge in [0.15, 0.2) is 0 Å². The van der Waals surface area contributed by atoms with Gasteiger partial charge in [0.05, 0.1) is 19.8 Å². The molecular weight excluding hydrogens is 292 g/mol. The van der Waals surface area contributed by atoms with Crippen molar-refractivity contribution in [2.24, 2.45) is 7.05 Å². The molecule has 3 rings (SSSR count). The highest BCUT2D eigenvalue weighted by molar-refractivity contribution is 5.31. The van der Waals surface area contributed by atoms with Crippen LogP contribution < -0.4 is 4.74 Å². The maximum absolute atomic E-state index is 10.1. The van der Waals surface area contributed by atoms with Gasteiger partial charge < -0.3 is 14.4 Å². The number of rotatable bonds is 5. The van der Waals surface area contributed by atoms with Crippen LogP contribution in [-0.4, -0.2) is 44.5 Å². The molecule has 1 aromatic carbocycles. The summed E-state index contributed by atoms with van der Waals surface area (Å²) in [4.78, 5) is 2.27. The van der Waals surface area contributed by atoms with Crippen molar-refractivity contribution in [2.75, 3.05) is 13.7 Å². The number of hydrogen-bond donors (Lipinski definition) is 1. The van der Waals surface area contributed by atoms with E-state index in [1.54, 1.807) is 7.11 Å². The average Bonchev–Trinajstić information content (AvgIpc) is 3.11. The van der Waals surface area contributed by atoms with E-state index in [4.69, 9.17) is 4.74 Å². The molecule has 1 saturated heterocycles. The van der Waals surface area contributed by atoms with Gasteiger partial charge in [0.1, 0.15) is 17.4 Å². The van der Waals surface area contributed by atoms with E-state index in [0.29, 0.717) is 13.1 Å². The Kier molecular flexibility index (Phi) is 4.63. The van der Waals surface area contributed by atoms with Crippen molar-refractivity contribution in [2.45, 2.75) is 38.5 Å². The summed E-state index contributed by atoms with van der Waals surface area (Å²) in [5.41, 5.74) is 1.17. The number of aryl methyl sites for hydroxylation is 1. The summed E-state index contributed by atoms with van der Waals surface area (Å²) < 4.78 is 7.37. The molecule has 2 atom stereocenters. The second kappa shape index (κ2) is 6.68. The summed E-state index contributed by atoms with van der Waals surface area (Å²) in [5.74, 6) is 2.76. The fraction of sp³-hybridized carbons (Fsp3) is 0.529. The van der Waals surface area contributed by atoms with E-state index in [0.717, 1.165) is 30.2 Å². The number of ether oxygens (including phenoxy) is 1.